The van der Waals surface area contributed by atoms with Crippen molar-refractivity contribution in [2.24, 2.45) is 0 Å². The SMILES string of the molecule is COc1ccc2cc(CNc3cccc([N+](=O)[O-])c3)c(=O)[nH]c2c1. The third kappa shape index (κ3) is 3.19. The Morgan fingerprint density at radius 2 is 2.04 bits per heavy atom. The third-order valence-electron chi connectivity index (χ3n) is 3.67. The number of ether oxygens (including phenoxy) is 1. The minimum atomic E-state index is -0.457. The molecule has 3 rings (SSSR count). The van der Waals surface area contributed by atoms with Crippen molar-refractivity contribution in [2.45, 2.75) is 6.54 Å². The van der Waals surface area contributed by atoms with E-state index in [1.54, 1.807) is 31.4 Å². The van der Waals surface area contributed by atoms with Gasteiger partial charge >= 0.3 is 0 Å². The molecule has 0 spiro atoms. The molecule has 0 atom stereocenters. The first-order valence-corrected chi connectivity index (χ1v) is 7.25. The Morgan fingerprint density at radius 3 is 2.79 bits per heavy atom. The summed E-state index contributed by atoms with van der Waals surface area (Å²) >= 11 is 0. The summed E-state index contributed by atoms with van der Waals surface area (Å²) < 4.78 is 5.14. The molecule has 1 heterocycles. The van der Waals surface area contributed by atoms with Crippen LogP contribution in [0.1, 0.15) is 5.56 Å². The molecule has 0 aliphatic carbocycles. The Kier molecular flexibility index (Phi) is 4.15. The van der Waals surface area contributed by atoms with Crippen molar-refractivity contribution >= 4 is 22.3 Å². The van der Waals surface area contributed by atoms with Gasteiger partial charge < -0.3 is 15.0 Å². The molecule has 122 valence electrons. The highest BCUT2D eigenvalue weighted by Crippen LogP contribution is 2.20. The number of non-ortho nitro benzene ring substituents is 1. The quantitative estimate of drug-likeness (QED) is 0.555. The van der Waals surface area contributed by atoms with Crippen LogP contribution in [0.4, 0.5) is 11.4 Å². The highest BCUT2D eigenvalue weighted by Gasteiger charge is 2.07. The smallest absolute Gasteiger partial charge is 0.271 e. The lowest BCUT2D eigenvalue weighted by Gasteiger charge is -2.08. The number of hydrogen-bond donors (Lipinski definition) is 2. The van der Waals surface area contributed by atoms with E-state index >= 15 is 0 Å². The minimum absolute atomic E-state index is 0.000448. The van der Waals surface area contributed by atoms with Crippen LogP contribution in [-0.2, 0) is 6.54 Å². The van der Waals surface area contributed by atoms with E-state index in [0.717, 1.165) is 5.39 Å². The molecule has 7 heteroatoms. The number of rotatable bonds is 5. The Labute approximate surface area is 137 Å². The Morgan fingerprint density at radius 1 is 1.21 bits per heavy atom. The number of hydrogen-bond acceptors (Lipinski definition) is 5. The summed E-state index contributed by atoms with van der Waals surface area (Å²) in [5, 5.41) is 14.7. The maximum absolute atomic E-state index is 12.2. The summed E-state index contributed by atoms with van der Waals surface area (Å²) in [7, 11) is 1.57. The zero-order valence-electron chi connectivity index (χ0n) is 12.9. The number of nitro groups is 1. The first-order chi connectivity index (χ1) is 11.6. The predicted octanol–water partition coefficient (Wildman–Crippen LogP) is 3.06. The monoisotopic (exact) mass is 325 g/mol. The molecule has 0 saturated heterocycles. The highest BCUT2D eigenvalue weighted by atomic mass is 16.6. The van der Waals surface area contributed by atoms with Crippen molar-refractivity contribution < 1.29 is 9.66 Å². The van der Waals surface area contributed by atoms with Gasteiger partial charge in [-0.25, -0.2) is 0 Å². The average molecular weight is 325 g/mol. The molecule has 24 heavy (non-hydrogen) atoms. The maximum atomic E-state index is 12.2. The van der Waals surface area contributed by atoms with E-state index < -0.39 is 4.92 Å². The Hall–Kier alpha value is -3.35. The van der Waals surface area contributed by atoms with Gasteiger partial charge in [0.05, 0.1) is 17.5 Å². The van der Waals surface area contributed by atoms with Gasteiger partial charge in [0.15, 0.2) is 0 Å². The van der Waals surface area contributed by atoms with Crippen molar-refractivity contribution in [1.29, 1.82) is 0 Å². The van der Waals surface area contributed by atoms with E-state index in [4.69, 9.17) is 4.74 Å². The van der Waals surface area contributed by atoms with Crippen LogP contribution in [0.15, 0.2) is 53.3 Å². The minimum Gasteiger partial charge on any atom is -0.497 e. The number of benzene rings is 2. The van der Waals surface area contributed by atoms with Crippen LogP contribution >= 0.6 is 0 Å². The third-order valence-corrected chi connectivity index (χ3v) is 3.67. The van der Waals surface area contributed by atoms with E-state index in [2.05, 4.69) is 10.3 Å². The standard InChI is InChI=1S/C17H15N3O4/c1-24-15-6-5-11-7-12(17(21)19-16(11)9-15)10-18-13-3-2-4-14(8-13)20(22)23/h2-9,18H,10H2,1H3,(H,19,21). The van der Waals surface area contributed by atoms with Gasteiger partial charge in [0.1, 0.15) is 5.75 Å². The summed E-state index contributed by atoms with van der Waals surface area (Å²) in [6, 6.07) is 13.4. The van der Waals surface area contributed by atoms with Gasteiger partial charge in [-0.15, -0.1) is 0 Å². The number of nitrogens with one attached hydrogen (secondary N) is 2. The molecule has 0 radical (unpaired) electrons. The van der Waals surface area contributed by atoms with Crippen molar-refractivity contribution in [1.82, 2.24) is 4.98 Å². The number of pyridine rings is 1. The molecule has 7 nitrogen and oxygen atoms in total. The number of aromatic nitrogens is 1. The molecule has 0 amide bonds. The first-order valence-electron chi connectivity index (χ1n) is 7.25. The average Bonchev–Trinajstić information content (AvgIpc) is 2.59. The number of nitro benzene ring substituents is 1. The van der Waals surface area contributed by atoms with Crippen molar-refractivity contribution in [3.8, 4) is 5.75 Å². The summed E-state index contributed by atoms with van der Waals surface area (Å²) in [6.07, 6.45) is 0. The highest BCUT2D eigenvalue weighted by molar-refractivity contribution is 5.80. The van der Waals surface area contributed by atoms with Gasteiger partial charge in [-0.2, -0.15) is 0 Å². The first kappa shape index (κ1) is 15.5. The van der Waals surface area contributed by atoms with E-state index in [-0.39, 0.29) is 17.8 Å². The molecule has 2 N–H and O–H groups in total. The number of anilines is 1. The summed E-state index contributed by atoms with van der Waals surface area (Å²) in [4.78, 5) is 25.3. The van der Waals surface area contributed by atoms with Crippen LogP contribution < -0.4 is 15.6 Å². The van der Waals surface area contributed by atoms with Crippen LogP contribution in [0.2, 0.25) is 0 Å². The number of methoxy groups -OCH3 is 1. The molecule has 0 aliphatic rings. The fourth-order valence-corrected chi connectivity index (χ4v) is 2.41. The number of fused-ring (bicyclic) bond motifs is 1. The molecule has 0 aliphatic heterocycles. The zero-order chi connectivity index (χ0) is 17.1. The largest absolute Gasteiger partial charge is 0.497 e. The summed E-state index contributed by atoms with van der Waals surface area (Å²) in [5.74, 6) is 0.667. The van der Waals surface area contributed by atoms with Crippen LogP contribution in [0.25, 0.3) is 10.9 Å². The lowest BCUT2D eigenvalue weighted by atomic mass is 10.1. The molecule has 0 bridgehead atoms. The van der Waals surface area contributed by atoms with Gasteiger partial charge in [-0.3, -0.25) is 14.9 Å². The Bertz CT molecular complexity index is 965. The predicted molar refractivity (Wildman–Crippen MR) is 91.5 cm³/mol. The molecular weight excluding hydrogens is 310 g/mol. The molecule has 3 aromatic rings. The molecule has 0 unspecified atom stereocenters. The van der Waals surface area contributed by atoms with E-state index in [1.807, 2.05) is 12.1 Å². The van der Waals surface area contributed by atoms with Crippen molar-refractivity contribution in [3.63, 3.8) is 0 Å². The van der Waals surface area contributed by atoms with Gasteiger partial charge in [-0.05, 0) is 29.7 Å². The van der Waals surface area contributed by atoms with E-state index in [0.29, 0.717) is 22.5 Å². The zero-order valence-corrected chi connectivity index (χ0v) is 12.9. The second-order valence-electron chi connectivity index (χ2n) is 5.24. The van der Waals surface area contributed by atoms with Gasteiger partial charge in [0.25, 0.3) is 11.2 Å². The fourth-order valence-electron chi connectivity index (χ4n) is 2.41. The summed E-state index contributed by atoms with van der Waals surface area (Å²) in [5.41, 5.74) is 1.60. The maximum Gasteiger partial charge on any atom is 0.271 e. The van der Waals surface area contributed by atoms with Gasteiger partial charge in [0.2, 0.25) is 0 Å². The van der Waals surface area contributed by atoms with Crippen LogP contribution in [-0.4, -0.2) is 17.0 Å². The number of nitrogens with zero attached hydrogens (tertiary/aromatic N) is 1. The van der Waals surface area contributed by atoms with Gasteiger partial charge in [0, 0.05) is 36.0 Å². The van der Waals surface area contributed by atoms with E-state index in [1.165, 1.54) is 12.1 Å². The number of H-pyrrole nitrogens is 1. The Balaban J connectivity index is 1.85. The lowest BCUT2D eigenvalue weighted by Crippen LogP contribution is -2.15. The van der Waals surface area contributed by atoms with E-state index in [9.17, 15) is 14.9 Å². The van der Waals surface area contributed by atoms with Crippen LogP contribution in [0.3, 0.4) is 0 Å². The molecule has 1 aromatic heterocycles. The second-order valence-corrected chi connectivity index (χ2v) is 5.24. The normalized spacial score (nSPS) is 10.5. The summed E-state index contributed by atoms with van der Waals surface area (Å²) in [6.45, 7) is 0.262. The van der Waals surface area contributed by atoms with Crippen molar-refractivity contribution in [3.05, 3.63) is 74.6 Å². The second kappa shape index (κ2) is 6.41. The molecular formula is C17H15N3O4. The molecule has 2 aromatic carbocycles. The van der Waals surface area contributed by atoms with Crippen LogP contribution in [0, 0.1) is 10.1 Å². The fraction of sp³-hybridized carbons (Fsp3) is 0.118. The number of aromatic amines is 1. The van der Waals surface area contributed by atoms with Crippen LogP contribution in [0.5, 0.6) is 5.75 Å². The molecule has 0 fully saturated rings. The topological polar surface area (TPSA) is 97.3 Å². The van der Waals surface area contributed by atoms with Gasteiger partial charge in [-0.1, -0.05) is 6.07 Å². The lowest BCUT2D eigenvalue weighted by molar-refractivity contribution is -0.384. The molecule has 0 saturated carbocycles. The van der Waals surface area contributed by atoms with Crippen molar-refractivity contribution in [2.75, 3.05) is 12.4 Å².